The number of benzene rings is 2. The summed E-state index contributed by atoms with van der Waals surface area (Å²) < 4.78 is 23.4. The SMILES string of the molecule is COc1cccc2c(=O)c3c(OCC4CS4)cc(OCC4CS4)cc3oc12. The number of ether oxygens (including phenoxy) is 3. The van der Waals surface area contributed by atoms with Crippen molar-refractivity contribution in [2.45, 2.75) is 10.5 Å². The molecular formula is C20H18O5S2. The predicted octanol–water partition coefficient (Wildman–Crippen LogP) is 3.94. The van der Waals surface area contributed by atoms with Crippen LogP contribution >= 0.6 is 23.5 Å². The minimum atomic E-state index is -0.118. The summed E-state index contributed by atoms with van der Waals surface area (Å²) in [5.41, 5.74) is 0.778. The second-order valence-electron chi connectivity index (χ2n) is 6.60. The molecular weight excluding hydrogens is 384 g/mol. The first-order valence-electron chi connectivity index (χ1n) is 8.79. The van der Waals surface area contributed by atoms with Crippen molar-refractivity contribution in [3.8, 4) is 17.2 Å². The van der Waals surface area contributed by atoms with Crippen molar-refractivity contribution in [2.24, 2.45) is 0 Å². The number of rotatable bonds is 7. The Kier molecular flexibility index (Phi) is 4.36. The highest BCUT2D eigenvalue weighted by molar-refractivity contribution is 8.07. The number of methoxy groups -OCH3 is 1. The van der Waals surface area contributed by atoms with Gasteiger partial charge in [0.25, 0.3) is 0 Å². The quantitative estimate of drug-likeness (QED) is 0.438. The maximum Gasteiger partial charge on any atom is 0.204 e. The Labute approximate surface area is 164 Å². The van der Waals surface area contributed by atoms with Crippen LogP contribution in [0.1, 0.15) is 0 Å². The maximum atomic E-state index is 13.2. The predicted molar refractivity (Wildman–Crippen MR) is 110 cm³/mol. The summed E-state index contributed by atoms with van der Waals surface area (Å²) in [6.45, 7) is 1.23. The normalized spacial score (nSPS) is 20.6. The molecule has 0 spiro atoms. The summed E-state index contributed by atoms with van der Waals surface area (Å²) in [6, 6.07) is 8.90. The van der Waals surface area contributed by atoms with Gasteiger partial charge in [-0.25, -0.2) is 0 Å². The van der Waals surface area contributed by atoms with E-state index < -0.39 is 0 Å². The molecule has 2 aromatic carbocycles. The highest BCUT2D eigenvalue weighted by Crippen LogP contribution is 2.37. The number of hydrogen-bond acceptors (Lipinski definition) is 7. The van der Waals surface area contributed by atoms with Crippen LogP contribution in [0.25, 0.3) is 21.9 Å². The lowest BCUT2D eigenvalue weighted by Crippen LogP contribution is -2.10. The van der Waals surface area contributed by atoms with Gasteiger partial charge in [-0.15, -0.1) is 0 Å². The second-order valence-corrected chi connectivity index (χ2v) is 9.26. The summed E-state index contributed by atoms with van der Waals surface area (Å²) in [5.74, 6) is 3.95. The minimum Gasteiger partial charge on any atom is -0.493 e. The van der Waals surface area contributed by atoms with Crippen LogP contribution in [0.3, 0.4) is 0 Å². The molecule has 0 radical (unpaired) electrons. The molecule has 0 bridgehead atoms. The van der Waals surface area contributed by atoms with E-state index in [4.69, 9.17) is 18.6 Å². The van der Waals surface area contributed by atoms with E-state index >= 15 is 0 Å². The lowest BCUT2D eigenvalue weighted by molar-refractivity contribution is 0.315. The monoisotopic (exact) mass is 402 g/mol. The average molecular weight is 402 g/mol. The van der Waals surface area contributed by atoms with Crippen LogP contribution in [0.2, 0.25) is 0 Å². The molecule has 0 aliphatic carbocycles. The third-order valence-electron chi connectivity index (χ3n) is 4.59. The van der Waals surface area contributed by atoms with Crippen molar-refractivity contribution in [1.29, 1.82) is 0 Å². The van der Waals surface area contributed by atoms with Gasteiger partial charge in [-0.1, -0.05) is 6.07 Å². The first kappa shape index (κ1) is 17.1. The van der Waals surface area contributed by atoms with Crippen LogP contribution in [0.15, 0.2) is 39.5 Å². The summed E-state index contributed by atoms with van der Waals surface area (Å²) in [5, 5.41) is 1.99. The van der Waals surface area contributed by atoms with E-state index in [0.717, 1.165) is 11.5 Å². The number of para-hydroxylation sites is 1. The molecule has 2 aliphatic heterocycles. The number of hydrogen-bond donors (Lipinski definition) is 0. The van der Waals surface area contributed by atoms with Crippen LogP contribution < -0.4 is 19.6 Å². The molecule has 0 N–H and O–H groups in total. The fourth-order valence-electron chi connectivity index (χ4n) is 2.97. The summed E-state index contributed by atoms with van der Waals surface area (Å²) in [7, 11) is 1.56. The van der Waals surface area contributed by atoms with Crippen molar-refractivity contribution in [1.82, 2.24) is 0 Å². The van der Waals surface area contributed by atoms with Gasteiger partial charge in [0.05, 0.1) is 12.5 Å². The van der Waals surface area contributed by atoms with Gasteiger partial charge >= 0.3 is 0 Å². The summed E-state index contributed by atoms with van der Waals surface area (Å²) in [6.07, 6.45) is 0. The molecule has 2 unspecified atom stereocenters. The number of thioether (sulfide) groups is 2. The fourth-order valence-corrected chi connectivity index (χ4v) is 3.77. The molecule has 140 valence electrons. The number of fused-ring (bicyclic) bond motifs is 2. The Morgan fingerprint density at radius 2 is 1.81 bits per heavy atom. The van der Waals surface area contributed by atoms with Crippen molar-refractivity contribution in [2.75, 3.05) is 31.8 Å². The molecule has 5 nitrogen and oxygen atoms in total. The smallest absolute Gasteiger partial charge is 0.204 e. The highest BCUT2D eigenvalue weighted by atomic mass is 32.2. The van der Waals surface area contributed by atoms with Gasteiger partial charge in [-0.05, 0) is 12.1 Å². The second kappa shape index (κ2) is 6.87. The Bertz CT molecular complexity index is 1070. The summed E-state index contributed by atoms with van der Waals surface area (Å²) >= 11 is 3.73. The van der Waals surface area contributed by atoms with Gasteiger partial charge in [0.1, 0.15) is 35.7 Å². The van der Waals surface area contributed by atoms with E-state index in [9.17, 15) is 4.79 Å². The van der Waals surface area contributed by atoms with Crippen LogP contribution in [-0.2, 0) is 0 Å². The first-order valence-corrected chi connectivity index (χ1v) is 10.9. The van der Waals surface area contributed by atoms with Crippen molar-refractivity contribution in [3.63, 3.8) is 0 Å². The molecule has 2 saturated heterocycles. The lowest BCUT2D eigenvalue weighted by Gasteiger charge is -2.13. The van der Waals surface area contributed by atoms with Gasteiger partial charge in [0.15, 0.2) is 11.3 Å². The Morgan fingerprint density at radius 3 is 2.52 bits per heavy atom. The van der Waals surface area contributed by atoms with Crippen molar-refractivity contribution < 1.29 is 18.6 Å². The van der Waals surface area contributed by atoms with E-state index in [2.05, 4.69) is 0 Å². The van der Waals surface area contributed by atoms with Crippen LogP contribution in [-0.4, -0.2) is 42.3 Å². The highest BCUT2D eigenvalue weighted by Gasteiger charge is 2.26. The van der Waals surface area contributed by atoms with Crippen molar-refractivity contribution in [3.05, 3.63) is 40.6 Å². The van der Waals surface area contributed by atoms with Crippen LogP contribution in [0.5, 0.6) is 17.2 Å². The molecule has 2 aliphatic rings. The zero-order chi connectivity index (χ0) is 18.4. The standard InChI is InChI=1S/C20H18O5S2/c1-22-15-4-2-3-14-19(21)18-16(24-8-13-10-27-13)5-11(23-7-12-9-26-12)6-17(18)25-20(14)15/h2-6,12-13H,7-10H2,1H3. The molecule has 0 saturated carbocycles. The van der Waals surface area contributed by atoms with Crippen molar-refractivity contribution >= 4 is 45.5 Å². The van der Waals surface area contributed by atoms with E-state index in [1.54, 1.807) is 31.4 Å². The fraction of sp³-hybridized carbons (Fsp3) is 0.350. The zero-order valence-electron chi connectivity index (χ0n) is 14.7. The lowest BCUT2D eigenvalue weighted by atomic mass is 10.1. The third-order valence-corrected chi connectivity index (χ3v) is 6.47. The van der Waals surface area contributed by atoms with Gasteiger partial charge in [-0.2, -0.15) is 23.5 Å². The molecule has 7 heteroatoms. The van der Waals surface area contributed by atoms with E-state index in [1.807, 2.05) is 29.6 Å². The maximum absolute atomic E-state index is 13.2. The van der Waals surface area contributed by atoms with Crippen LogP contribution in [0, 0.1) is 0 Å². The van der Waals surface area contributed by atoms with E-state index in [0.29, 0.717) is 62.9 Å². The zero-order valence-corrected chi connectivity index (χ0v) is 16.4. The third kappa shape index (κ3) is 3.46. The van der Waals surface area contributed by atoms with Gasteiger partial charge in [0.2, 0.25) is 5.43 Å². The first-order chi connectivity index (χ1) is 13.2. The van der Waals surface area contributed by atoms with E-state index in [1.165, 1.54) is 0 Å². The Morgan fingerprint density at radius 1 is 1.07 bits per heavy atom. The molecule has 1 aromatic heterocycles. The topological polar surface area (TPSA) is 57.9 Å². The molecule has 5 rings (SSSR count). The van der Waals surface area contributed by atoms with Crippen LogP contribution in [0.4, 0.5) is 0 Å². The van der Waals surface area contributed by atoms with E-state index in [-0.39, 0.29) is 5.43 Å². The molecule has 3 heterocycles. The Hall–Kier alpha value is -1.99. The molecule has 2 fully saturated rings. The van der Waals surface area contributed by atoms with Gasteiger partial charge in [-0.3, -0.25) is 4.79 Å². The molecule has 3 aromatic rings. The largest absolute Gasteiger partial charge is 0.493 e. The molecule has 27 heavy (non-hydrogen) atoms. The average Bonchev–Trinajstić information content (AvgIpc) is 3.59. The summed E-state index contributed by atoms with van der Waals surface area (Å²) in [4.78, 5) is 13.2. The molecule has 2 atom stereocenters. The minimum absolute atomic E-state index is 0.118. The molecule has 0 amide bonds. The Balaban J connectivity index is 1.66. The van der Waals surface area contributed by atoms with Gasteiger partial charge in [0, 0.05) is 34.1 Å². The van der Waals surface area contributed by atoms with Gasteiger partial charge < -0.3 is 18.6 Å².